The van der Waals surface area contributed by atoms with E-state index in [0.29, 0.717) is 5.88 Å². The lowest BCUT2D eigenvalue weighted by atomic mass is 10.0. The van der Waals surface area contributed by atoms with Gasteiger partial charge in [-0.2, -0.15) is 0 Å². The molecule has 0 aromatic heterocycles. The fourth-order valence-corrected chi connectivity index (χ4v) is 3.12. The van der Waals surface area contributed by atoms with E-state index in [1.165, 1.54) is 29.5 Å². The lowest BCUT2D eigenvalue weighted by molar-refractivity contribution is 0.832. The number of anilines is 1. The van der Waals surface area contributed by atoms with Gasteiger partial charge in [0.05, 0.1) is 0 Å². The number of unbranched alkanes of at least 4 members (excludes halogenated alkanes) is 1. The third-order valence-corrected chi connectivity index (χ3v) is 4.55. The molecule has 2 rings (SSSR count). The van der Waals surface area contributed by atoms with Crippen molar-refractivity contribution in [1.29, 1.82) is 0 Å². The van der Waals surface area contributed by atoms with E-state index in [2.05, 4.69) is 48.6 Å². The van der Waals surface area contributed by atoms with Gasteiger partial charge < -0.3 is 5.32 Å². The largest absolute Gasteiger partial charge is 0.385 e. The summed E-state index contributed by atoms with van der Waals surface area (Å²) < 4.78 is 0. The maximum absolute atomic E-state index is 6.02. The van der Waals surface area contributed by atoms with Crippen molar-refractivity contribution >= 4 is 29.2 Å². The first-order valence-electron chi connectivity index (χ1n) is 7.64. The minimum Gasteiger partial charge on any atom is -0.385 e. The van der Waals surface area contributed by atoms with E-state index in [4.69, 9.17) is 16.7 Å². The fraction of sp³-hybridized carbons (Fsp3) is 0.333. The molecule has 22 heavy (non-hydrogen) atoms. The van der Waals surface area contributed by atoms with Gasteiger partial charge in [0.1, 0.15) is 0 Å². The molecule has 3 N–H and O–H groups in total. The molecule has 0 saturated heterocycles. The highest BCUT2D eigenvalue weighted by Gasteiger charge is 2.11. The quantitative estimate of drug-likeness (QED) is 0.396. The molecule has 0 atom stereocenters. The van der Waals surface area contributed by atoms with E-state index in [1.54, 1.807) is 0 Å². The molecule has 0 amide bonds. The Labute approximate surface area is 142 Å². The zero-order valence-electron chi connectivity index (χ0n) is 12.9. The maximum Gasteiger partial charge on any atom is 0.0475 e. The van der Waals surface area contributed by atoms with Crippen LogP contribution in [-0.2, 0) is 12.3 Å². The van der Waals surface area contributed by atoms with Gasteiger partial charge in [-0.15, -0.1) is 11.6 Å². The van der Waals surface area contributed by atoms with E-state index in [1.807, 2.05) is 6.07 Å². The van der Waals surface area contributed by atoms with Crippen molar-refractivity contribution in [2.75, 3.05) is 11.9 Å². The number of rotatable bonds is 8. The Balaban J connectivity index is 2.34. The Hall–Kier alpha value is -1.16. The van der Waals surface area contributed by atoms with Gasteiger partial charge in [0.25, 0.3) is 0 Å². The minimum atomic E-state index is 0.502. The first-order valence-corrected chi connectivity index (χ1v) is 9.06. The van der Waals surface area contributed by atoms with Crippen LogP contribution in [0.1, 0.15) is 36.5 Å². The first-order chi connectivity index (χ1) is 10.8. The molecule has 118 valence electrons. The van der Waals surface area contributed by atoms with Crippen LogP contribution in [0.3, 0.4) is 0 Å². The average Bonchev–Trinajstić information content (AvgIpc) is 2.57. The van der Waals surface area contributed by atoms with Crippen molar-refractivity contribution in [2.24, 2.45) is 5.14 Å². The maximum atomic E-state index is 6.02. The van der Waals surface area contributed by atoms with E-state index < -0.39 is 0 Å². The summed E-state index contributed by atoms with van der Waals surface area (Å²) in [7, 11) is 0. The SMILES string of the molecule is CCCCNc1cc(CCl)cc(SN)c1Cc1ccccc1. The Morgan fingerprint density at radius 1 is 1.14 bits per heavy atom. The van der Waals surface area contributed by atoms with E-state index in [0.717, 1.165) is 35.5 Å². The highest BCUT2D eigenvalue weighted by Crippen LogP contribution is 2.31. The molecular weight excluding hydrogens is 312 g/mol. The number of alkyl halides is 1. The third kappa shape index (κ3) is 4.67. The van der Waals surface area contributed by atoms with Crippen LogP contribution in [0.2, 0.25) is 0 Å². The van der Waals surface area contributed by atoms with Gasteiger partial charge in [-0.05, 0) is 47.2 Å². The summed E-state index contributed by atoms with van der Waals surface area (Å²) in [4.78, 5) is 1.10. The van der Waals surface area contributed by atoms with Gasteiger partial charge >= 0.3 is 0 Å². The van der Waals surface area contributed by atoms with Crippen molar-refractivity contribution in [3.05, 3.63) is 59.2 Å². The molecule has 4 heteroatoms. The summed E-state index contributed by atoms with van der Waals surface area (Å²) in [6.07, 6.45) is 3.20. The lowest BCUT2D eigenvalue weighted by Crippen LogP contribution is -2.07. The van der Waals surface area contributed by atoms with Crippen molar-refractivity contribution < 1.29 is 0 Å². The molecular formula is C18H23ClN2S. The summed E-state index contributed by atoms with van der Waals surface area (Å²) in [6.45, 7) is 3.17. The molecule has 0 radical (unpaired) electrons. The van der Waals surface area contributed by atoms with Gasteiger partial charge in [0.15, 0.2) is 0 Å². The molecule has 0 aliphatic rings. The highest BCUT2D eigenvalue weighted by atomic mass is 35.5. The fourth-order valence-electron chi connectivity index (χ4n) is 2.42. The predicted molar refractivity (Wildman–Crippen MR) is 98.7 cm³/mol. The molecule has 0 aliphatic heterocycles. The molecule has 0 spiro atoms. The van der Waals surface area contributed by atoms with E-state index in [9.17, 15) is 0 Å². The summed E-state index contributed by atoms with van der Waals surface area (Å²) >= 11 is 7.32. The number of hydrogen-bond acceptors (Lipinski definition) is 3. The van der Waals surface area contributed by atoms with Gasteiger partial charge in [0.2, 0.25) is 0 Å². The van der Waals surface area contributed by atoms with Gasteiger partial charge in [-0.25, -0.2) is 0 Å². The van der Waals surface area contributed by atoms with Crippen LogP contribution in [0, 0.1) is 0 Å². The van der Waals surface area contributed by atoms with Crippen LogP contribution >= 0.6 is 23.5 Å². The Kier molecular flexibility index (Phi) is 7.10. The Morgan fingerprint density at radius 3 is 2.55 bits per heavy atom. The Bertz CT molecular complexity index is 587. The molecule has 0 heterocycles. The molecule has 0 fully saturated rings. The van der Waals surface area contributed by atoms with E-state index >= 15 is 0 Å². The molecule has 2 aromatic rings. The van der Waals surface area contributed by atoms with Crippen LogP contribution in [0.25, 0.3) is 0 Å². The monoisotopic (exact) mass is 334 g/mol. The van der Waals surface area contributed by atoms with Crippen LogP contribution in [-0.4, -0.2) is 6.54 Å². The summed E-state index contributed by atoms with van der Waals surface area (Å²) in [5.74, 6) is 0.502. The van der Waals surface area contributed by atoms with Crippen molar-refractivity contribution in [3.8, 4) is 0 Å². The molecule has 0 aliphatic carbocycles. The number of halogens is 1. The third-order valence-electron chi connectivity index (χ3n) is 3.62. The minimum absolute atomic E-state index is 0.502. The normalized spacial score (nSPS) is 10.7. The van der Waals surface area contributed by atoms with Crippen molar-refractivity contribution in [2.45, 2.75) is 37.0 Å². The number of nitrogens with two attached hydrogens (primary N) is 1. The molecule has 0 saturated carbocycles. The molecule has 0 unspecified atom stereocenters. The topological polar surface area (TPSA) is 38.0 Å². The number of benzene rings is 2. The lowest BCUT2D eigenvalue weighted by Gasteiger charge is -2.17. The molecule has 0 bridgehead atoms. The first kappa shape index (κ1) is 17.2. The second-order valence-electron chi connectivity index (χ2n) is 5.31. The van der Waals surface area contributed by atoms with Gasteiger partial charge in [0, 0.05) is 29.4 Å². The zero-order valence-corrected chi connectivity index (χ0v) is 14.5. The second kappa shape index (κ2) is 9.09. The number of hydrogen-bond donors (Lipinski definition) is 2. The van der Waals surface area contributed by atoms with Crippen LogP contribution in [0.15, 0.2) is 47.4 Å². The van der Waals surface area contributed by atoms with Crippen LogP contribution in [0.4, 0.5) is 5.69 Å². The van der Waals surface area contributed by atoms with Crippen molar-refractivity contribution in [1.82, 2.24) is 0 Å². The van der Waals surface area contributed by atoms with Crippen LogP contribution < -0.4 is 10.5 Å². The summed E-state index contributed by atoms with van der Waals surface area (Å²) in [6, 6.07) is 14.7. The van der Waals surface area contributed by atoms with Crippen LogP contribution in [0.5, 0.6) is 0 Å². The smallest absolute Gasteiger partial charge is 0.0475 e. The molecule has 2 nitrogen and oxygen atoms in total. The Morgan fingerprint density at radius 2 is 1.91 bits per heavy atom. The summed E-state index contributed by atoms with van der Waals surface area (Å²) in [5.41, 5.74) is 4.80. The van der Waals surface area contributed by atoms with Gasteiger partial charge in [-0.1, -0.05) is 43.7 Å². The summed E-state index contributed by atoms with van der Waals surface area (Å²) in [5, 5.41) is 9.45. The number of nitrogens with one attached hydrogen (secondary N) is 1. The predicted octanol–water partition coefficient (Wildman–Crippen LogP) is 5.19. The average molecular weight is 335 g/mol. The standard InChI is InChI=1S/C18H23ClN2S/c1-2-3-9-21-17-11-15(13-19)12-18(22-20)16(17)10-14-7-5-4-6-8-14/h4-8,11-12,21H,2-3,9-10,13,20H2,1H3. The highest BCUT2D eigenvalue weighted by molar-refractivity contribution is 7.97. The van der Waals surface area contributed by atoms with Gasteiger partial charge in [-0.3, -0.25) is 5.14 Å². The van der Waals surface area contributed by atoms with Crippen molar-refractivity contribution in [3.63, 3.8) is 0 Å². The molecule has 2 aromatic carbocycles. The second-order valence-corrected chi connectivity index (χ2v) is 6.26. The van der Waals surface area contributed by atoms with E-state index in [-0.39, 0.29) is 0 Å². The zero-order chi connectivity index (χ0) is 15.8.